The van der Waals surface area contributed by atoms with Crippen LogP contribution in [0.2, 0.25) is 0 Å². The molecule has 2 aromatic heterocycles. The molecule has 1 N–H and O–H groups in total. The van der Waals surface area contributed by atoms with E-state index in [1.165, 1.54) is 0 Å². The van der Waals surface area contributed by atoms with Gasteiger partial charge in [-0.1, -0.05) is 0 Å². The molecule has 0 saturated carbocycles. The summed E-state index contributed by atoms with van der Waals surface area (Å²) in [7, 11) is 2.08. The minimum absolute atomic E-state index is 0.498. The van der Waals surface area contributed by atoms with Crippen LogP contribution in [0.15, 0.2) is 12.7 Å². The van der Waals surface area contributed by atoms with E-state index in [0.29, 0.717) is 6.04 Å². The monoisotopic (exact) mass is 205 g/mol. The molecule has 0 saturated heterocycles. The first-order valence-corrected chi connectivity index (χ1v) is 5.01. The number of aromatic amines is 1. The average Bonchev–Trinajstić information content (AvgIpc) is 2.66. The summed E-state index contributed by atoms with van der Waals surface area (Å²) < 4.78 is 0. The lowest BCUT2D eigenvalue weighted by Crippen LogP contribution is -2.26. The van der Waals surface area contributed by atoms with E-state index in [9.17, 15) is 0 Å². The van der Waals surface area contributed by atoms with Crippen molar-refractivity contribution < 1.29 is 0 Å². The van der Waals surface area contributed by atoms with Gasteiger partial charge in [0.05, 0.1) is 12.0 Å². The molecule has 0 radical (unpaired) electrons. The van der Waals surface area contributed by atoms with E-state index in [4.69, 9.17) is 0 Å². The lowest BCUT2D eigenvalue weighted by Gasteiger charge is -2.20. The fourth-order valence-corrected chi connectivity index (χ4v) is 1.35. The van der Waals surface area contributed by atoms with Crippen LogP contribution in [0.1, 0.15) is 19.5 Å². The van der Waals surface area contributed by atoms with Crippen LogP contribution >= 0.6 is 0 Å². The van der Waals surface area contributed by atoms with Gasteiger partial charge in [-0.15, -0.1) is 0 Å². The smallest absolute Gasteiger partial charge is 0.180 e. The molecular formula is C10H15N5. The summed E-state index contributed by atoms with van der Waals surface area (Å²) in [6.07, 6.45) is 3.21. The van der Waals surface area contributed by atoms with Gasteiger partial charge in [0, 0.05) is 12.6 Å². The molecule has 0 bridgehead atoms. The van der Waals surface area contributed by atoms with E-state index in [2.05, 4.69) is 45.7 Å². The number of nitrogens with zero attached hydrogens (tertiary/aromatic N) is 4. The summed E-state index contributed by atoms with van der Waals surface area (Å²) in [5.74, 6) is 0. The summed E-state index contributed by atoms with van der Waals surface area (Å²) in [6.45, 7) is 5.12. The summed E-state index contributed by atoms with van der Waals surface area (Å²) in [6, 6.07) is 0.498. The molecule has 2 rings (SSSR count). The van der Waals surface area contributed by atoms with Gasteiger partial charge in [-0.2, -0.15) is 0 Å². The Balaban J connectivity index is 2.31. The molecule has 2 heterocycles. The van der Waals surface area contributed by atoms with Crippen molar-refractivity contribution in [3.63, 3.8) is 0 Å². The van der Waals surface area contributed by atoms with E-state index in [1.807, 2.05) is 0 Å². The second-order valence-corrected chi connectivity index (χ2v) is 3.93. The van der Waals surface area contributed by atoms with Crippen LogP contribution < -0.4 is 0 Å². The lowest BCUT2D eigenvalue weighted by molar-refractivity contribution is 0.263. The number of H-pyrrole nitrogens is 1. The Hall–Kier alpha value is -1.49. The number of aromatic nitrogens is 4. The van der Waals surface area contributed by atoms with E-state index in [-0.39, 0.29) is 0 Å². The summed E-state index contributed by atoms with van der Waals surface area (Å²) >= 11 is 0. The highest BCUT2D eigenvalue weighted by Gasteiger charge is 2.10. The van der Waals surface area contributed by atoms with Gasteiger partial charge < -0.3 is 4.98 Å². The first-order valence-electron chi connectivity index (χ1n) is 5.01. The molecule has 80 valence electrons. The first kappa shape index (κ1) is 10.0. The Kier molecular flexibility index (Phi) is 2.64. The molecule has 0 amide bonds. The summed E-state index contributed by atoms with van der Waals surface area (Å²) in [5, 5.41) is 0. The zero-order valence-corrected chi connectivity index (χ0v) is 9.23. The molecular weight excluding hydrogens is 190 g/mol. The van der Waals surface area contributed by atoms with Crippen LogP contribution in [0.5, 0.6) is 0 Å². The van der Waals surface area contributed by atoms with Crippen LogP contribution in [0.3, 0.4) is 0 Å². The summed E-state index contributed by atoms with van der Waals surface area (Å²) in [4.78, 5) is 17.8. The molecule has 0 aliphatic rings. The van der Waals surface area contributed by atoms with Gasteiger partial charge in [0.2, 0.25) is 0 Å². The average molecular weight is 205 g/mol. The second-order valence-electron chi connectivity index (χ2n) is 3.93. The Morgan fingerprint density at radius 3 is 2.87 bits per heavy atom. The standard InChI is InChI=1S/C10H15N5/c1-7(2)15(3)4-8-9-10(13-5-11-8)14-6-12-9/h5-7H,4H2,1-3H3,(H,11,12,13,14). The largest absolute Gasteiger partial charge is 0.342 e. The maximum atomic E-state index is 4.28. The number of rotatable bonds is 3. The lowest BCUT2D eigenvalue weighted by atomic mass is 10.3. The van der Waals surface area contributed by atoms with Crippen molar-refractivity contribution >= 4 is 11.2 Å². The maximum absolute atomic E-state index is 4.28. The maximum Gasteiger partial charge on any atom is 0.180 e. The van der Waals surface area contributed by atoms with Gasteiger partial charge in [0.15, 0.2) is 5.65 Å². The quantitative estimate of drug-likeness (QED) is 0.817. The highest BCUT2D eigenvalue weighted by molar-refractivity contribution is 5.71. The number of fused-ring (bicyclic) bond motifs is 1. The SMILES string of the molecule is CC(C)N(C)Cc1ncnc2nc[nH]c12. The van der Waals surface area contributed by atoms with Gasteiger partial charge in [-0.25, -0.2) is 15.0 Å². The number of hydrogen-bond donors (Lipinski definition) is 1. The third-order valence-corrected chi connectivity index (χ3v) is 2.58. The Bertz CT molecular complexity index is 448. The fourth-order valence-electron chi connectivity index (χ4n) is 1.35. The number of imidazole rings is 1. The van der Waals surface area contributed by atoms with E-state index < -0.39 is 0 Å². The highest BCUT2D eigenvalue weighted by Crippen LogP contribution is 2.11. The van der Waals surface area contributed by atoms with Gasteiger partial charge in [0.25, 0.3) is 0 Å². The zero-order valence-electron chi connectivity index (χ0n) is 9.23. The molecule has 5 heteroatoms. The summed E-state index contributed by atoms with van der Waals surface area (Å²) in [5.41, 5.74) is 2.66. The third-order valence-electron chi connectivity index (χ3n) is 2.58. The Morgan fingerprint density at radius 2 is 2.13 bits per heavy atom. The van der Waals surface area contributed by atoms with Gasteiger partial charge in [-0.05, 0) is 20.9 Å². The Labute approximate surface area is 88.6 Å². The van der Waals surface area contributed by atoms with E-state index >= 15 is 0 Å². The minimum atomic E-state index is 0.498. The van der Waals surface area contributed by atoms with Crippen LogP contribution in [0, 0.1) is 0 Å². The van der Waals surface area contributed by atoms with Crippen molar-refractivity contribution in [1.82, 2.24) is 24.8 Å². The normalized spacial score (nSPS) is 11.8. The zero-order chi connectivity index (χ0) is 10.8. The van der Waals surface area contributed by atoms with Crippen molar-refractivity contribution in [3.05, 3.63) is 18.3 Å². The highest BCUT2D eigenvalue weighted by atomic mass is 15.1. The topological polar surface area (TPSA) is 57.7 Å². The van der Waals surface area contributed by atoms with E-state index in [0.717, 1.165) is 23.4 Å². The third kappa shape index (κ3) is 1.97. The molecule has 0 aliphatic heterocycles. The van der Waals surface area contributed by atoms with Crippen LogP contribution in [0.25, 0.3) is 11.2 Å². The van der Waals surface area contributed by atoms with Crippen molar-refractivity contribution in [3.8, 4) is 0 Å². The number of hydrogen-bond acceptors (Lipinski definition) is 4. The minimum Gasteiger partial charge on any atom is -0.342 e. The second kappa shape index (κ2) is 3.94. The van der Waals surface area contributed by atoms with Gasteiger partial charge in [-0.3, -0.25) is 4.90 Å². The first-order chi connectivity index (χ1) is 7.18. The fraction of sp³-hybridized carbons (Fsp3) is 0.500. The molecule has 0 fully saturated rings. The van der Waals surface area contributed by atoms with Gasteiger partial charge >= 0.3 is 0 Å². The van der Waals surface area contributed by atoms with Crippen molar-refractivity contribution in [2.75, 3.05) is 7.05 Å². The molecule has 15 heavy (non-hydrogen) atoms. The van der Waals surface area contributed by atoms with Crippen LogP contribution in [-0.4, -0.2) is 37.9 Å². The molecule has 0 unspecified atom stereocenters. The Morgan fingerprint density at radius 1 is 1.33 bits per heavy atom. The predicted octanol–water partition coefficient (Wildman–Crippen LogP) is 1.19. The van der Waals surface area contributed by atoms with Gasteiger partial charge in [0.1, 0.15) is 11.8 Å². The molecule has 0 aliphatic carbocycles. The van der Waals surface area contributed by atoms with Crippen molar-refractivity contribution in [1.29, 1.82) is 0 Å². The van der Waals surface area contributed by atoms with Crippen LogP contribution in [-0.2, 0) is 6.54 Å². The molecule has 0 atom stereocenters. The molecule has 0 spiro atoms. The van der Waals surface area contributed by atoms with Crippen molar-refractivity contribution in [2.24, 2.45) is 0 Å². The predicted molar refractivity (Wildman–Crippen MR) is 58.3 cm³/mol. The molecule has 0 aromatic carbocycles. The molecule has 2 aromatic rings. The van der Waals surface area contributed by atoms with Crippen LogP contribution in [0.4, 0.5) is 0 Å². The van der Waals surface area contributed by atoms with E-state index in [1.54, 1.807) is 12.7 Å². The molecule has 5 nitrogen and oxygen atoms in total. The van der Waals surface area contributed by atoms with Crippen molar-refractivity contribution in [2.45, 2.75) is 26.4 Å². The number of nitrogens with one attached hydrogen (secondary N) is 1.